The summed E-state index contributed by atoms with van der Waals surface area (Å²) >= 11 is 4.73. The van der Waals surface area contributed by atoms with Gasteiger partial charge < -0.3 is 24.6 Å². The standard InChI is InChI=1S/C5H4N4OS.H3O4P/c10-4-2-3(7-1-6-2)8-5(11)9-4;1-5(2,3)4/h1H,(H3,6,7,8,9,10,11);(H3,1,2,3,4). The molecule has 0 aliphatic heterocycles. The summed E-state index contributed by atoms with van der Waals surface area (Å²) < 4.78 is 9.17. The first-order chi connectivity index (χ1) is 7.27. The summed E-state index contributed by atoms with van der Waals surface area (Å²) in [5.74, 6) is 0. The Labute approximate surface area is 92.4 Å². The van der Waals surface area contributed by atoms with Gasteiger partial charge >= 0.3 is 7.82 Å². The van der Waals surface area contributed by atoms with Gasteiger partial charge in [0.2, 0.25) is 0 Å². The van der Waals surface area contributed by atoms with Crippen molar-refractivity contribution < 1.29 is 19.2 Å². The Kier molecular flexibility index (Phi) is 3.73. The minimum Gasteiger partial charge on any atom is -0.339 e. The minimum atomic E-state index is -4.64. The number of rotatable bonds is 0. The first-order valence-corrected chi connectivity index (χ1v) is 5.68. The Morgan fingerprint density at radius 3 is 2.44 bits per heavy atom. The molecule has 0 spiro atoms. The molecule has 6 N–H and O–H groups in total. The average molecular weight is 266 g/mol. The van der Waals surface area contributed by atoms with Crippen LogP contribution in [-0.4, -0.2) is 34.6 Å². The molecule has 2 rings (SSSR count). The zero-order chi connectivity index (χ0) is 12.3. The number of hydrogen-bond acceptors (Lipinski definition) is 4. The quantitative estimate of drug-likeness (QED) is 0.274. The second-order valence-electron chi connectivity index (χ2n) is 2.55. The van der Waals surface area contributed by atoms with Gasteiger partial charge in [-0.1, -0.05) is 0 Å². The van der Waals surface area contributed by atoms with Gasteiger partial charge in [-0.05, 0) is 12.2 Å². The number of hydrogen-bond donors (Lipinski definition) is 6. The molecule has 0 saturated carbocycles. The minimum absolute atomic E-state index is 0.249. The molecule has 2 aromatic heterocycles. The highest BCUT2D eigenvalue weighted by atomic mass is 32.1. The molecule has 0 unspecified atom stereocenters. The highest BCUT2D eigenvalue weighted by molar-refractivity contribution is 7.71. The number of imidazole rings is 1. The van der Waals surface area contributed by atoms with E-state index in [2.05, 4.69) is 19.9 Å². The maximum absolute atomic E-state index is 11.0. The third-order valence-corrected chi connectivity index (χ3v) is 1.53. The molecule has 2 heterocycles. The zero-order valence-corrected chi connectivity index (χ0v) is 9.25. The molecule has 0 aliphatic carbocycles. The highest BCUT2D eigenvalue weighted by Crippen LogP contribution is 2.25. The molecule has 88 valence electrons. The highest BCUT2D eigenvalue weighted by Gasteiger charge is 2.00. The van der Waals surface area contributed by atoms with Crippen molar-refractivity contribution in [3.05, 3.63) is 21.5 Å². The smallest absolute Gasteiger partial charge is 0.339 e. The van der Waals surface area contributed by atoms with Gasteiger partial charge in [0, 0.05) is 0 Å². The van der Waals surface area contributed by atoms with Crippen molar-refractivity contribution in [3.63, 3.8) is 0 Å². The summed E-state index contributed by atoms with van der Waals surface area (Å²) in [5.41, 5.74) is 0.651. The van der Waals surface area contributed by atoms with E-state index in [4.69, 9.17) is 31.5 Å². The summed E-state index contributed by atoms with van der Waals surface area (Å²) in [6.07, 6.45) is 1.44. The second-order valence-corrected chi connectivity index (χ2v) is 3.98. The number of aromatic nitrogens is 4. The van der Waals surface area contributed by atoms with Crippen LogP contribution in [0, 0.1) is 4.77 Å². The summed E-state index contributed by atoms with van der Waals surface area (Å²) in [5, 5.41) is 0. The number of fused-ring (bicyclic) bond motifs is 1. The molecule has 0 bridgehead atoms. The van der Waals surface area contributed by atoms with E-state index in [1.54, 1.807) is 0 Å². The van der Waals surface area contributed by atoms with Crippen LogP contribution in [0.4, 0.5) is 0 Å². The van der Waals surface area contributed by atoms with Gasteiger partial charge in [-0.25, -0.2) is 9.55 Å². The lowest BCUT2D eigenvalue weighted by atomic mass is 10.6. The third-order valence-electron chi connectivity index (χ3n) is 1.33. The van der Waals surface area contributed by atoms with Gasteiger partial charge in [0.25, 0.3) is 5.56 Å². The van der Waals surface area contributed by atoms with E-state index in [0.29, 0.717) is 11.2 Å². The summed E-state index contributed by atoms with van der Waals surface area (Å²) in [6.45, 7) is 0. The van der Waals surface area contributed by atoms with E-state index in [-0.39, 0.29) is 10.3 Å². The molecule has 0 saturated heterocycles. The van der Waals surface area contributed by atoms with Crippen molar-refractivity contribution in [2.45, 2.75) is 0 Å². The van der Waals surface area contributed by atoms with E-state index in [1.807, 2.05) is 0 Å². The van der Waals surface area contributed by atoms with E-state index in [9.17, 15) is 4.79 Å². The van der Waals surface area contributed by atoms with E-state index >= 15 is 0 Å². The lowest BCUT2D eigenvalue weighted by Crippen LogP contribution is -2.07. The number of nitrogens with zero attached hydrogens (tertiary/aromatic N) is 1. The topological polar surface area (TPSA) is 155 Å². The van der Waals surface area contributed by atoms with Gasteiger partial charge in [-0.15, -0.1) is 0 Å². The average Bonchev–Trinajstić information content (AvgIpc) is 2.47. The van der Waals surface area contributed by atoms with Crippen LogP contribution >= 0.6 is 20.0 Å². The molecule has 2 aromatic rings. The fraction of sp³-hybridized carbons (Fsp3) is 0. The van der Waals surface area contributed by atoms with Crippen molar-refractivity contribution in [1.29, 1.82) is 0 Å². The molecule has 11 heteroatoms. The third kappa shape index (κ3) is 4.04. The van der Waals surface area contributed by atoms with Crippen molar-refractivity contribution in [1.82, 2.24) is 19.9 Å². The predicted molar refractivity (Wildman–Crippen MR) is 56.2 cm³/mol. The predicted octanol–water partition coefficient (Wildman–Crippen LogP) is -0.620. The maximum atomic E-state index is 11.0. The second kappa shape index (κ2) is 4.68. The Hall–Kier alpha value is -1.32. The number of nitrogens with one attached hydrogen (secondary N) is 3. The molecular weight excluding hydrogens is 259 g/mol. The van der Waals surface area contributed by atoms with Crippen molar-refractivity contribution in [3.8, 4) is 0 Å². The van der Waals surface area contributed by atoms with Gasteiger partial charge in [0.15, 0.2) is 10.4 Å². The largest absolute Gasteiger partial charge is 0.466 e. The lowest BCUT2D eigenvalue weighted by molar-refractivity contribution is 0.275. The Bertz CT molecular complexity index is 630. The molecule has 0 amide bonds. The van der Waals surface area contributed by atoms with E-state index in [1.165, 1.54) is 6.33 Å². The molecule has 0 aromatic carbocycles. The first-order valence-electron chi connectivity index (χ1n) is 3.71. The lowest BCUT2D eigenvalue weighted by Gasteiger charge is -1.85. The van der Waals surface area contributed by atoms with Gasteiger partial charge in [-0.3, -0.25) is 9.78 Å². The Morgan fingerprint density at radius 2 is 1.88 bits per heavy atom. The normalized spacial score (nSPS) is 10.9. The van der Waals surface area contributed by atoms with Crippen molar-refractivity contribution >= 4 is 31.2 Å². The van der Waals surface area contributed by atoms with E-state index in [0.717, 1.165) is 0 Å². The summed E-state index contributed by atoms with van der Waals surface area (Å²) in [4.78, 5) is 44.3. The van der Waals surface area contributed by atoms with Crippen LogP contribution in [0.5, 0.6) is 0 Å². The number of H-pyrrole nitrogens is 3. The van der Waals surface area contributed by atoms with Crippen LogP contribution in [0.3, 0.4) is 0 Å². The molecule has 0 aliphatic rings. The van der Waals surface area contributed by atoms with Gasteiger partial charge in [-0.2, -0.15) is 0 Å². The monoisotopic (exact) mass is 266 g/mol. The molecule has 16 heavy (non-hydrogen) atoms. The maximum Gasteiger partial charge on any atom is 0.466 e. The Balaban J connectivity index is 0.000000221. The SMILES string of the molecule is O=P(O)(O)O.O=c1[nH]c(=S)[nH]c2nc[nH]c12. The van der Waals surface area contributed by atoms with Crippen LogP contribution in [0.2, 0.25) is 0 Å². The van der Waals surface area contributed by atoms with Crippen molar-refractivity contribution in [2.24, 2.45) is 0 Å². The van der Waals surface area contributed by atoms with Crippen LogP contribution < -0.4 is 5.56 Å². The molecule has 0 atom stereocenters. The van der Waals surface area contributed by atoms with Gasteiger partial charge in [0.05, 0.1) is 6.33 Å². The molecule has 9 nitrogen and oxygen atoms in total. The molecule has 0 fully saturated rings. The Morgan fingerprint density at radius 1 is 1.31 bits per heavy atom. The zero-order valence-electron chi connectivity index (χ0n) is 7.54. The van der Waals surface area contributed by atoms with Crippen LogP contribution in [0.25, 0.3) is 11.2 Å². The fourth-order valence-electron chi connectivity index (χ4n) is 0.867. The summed E-state index contributed by atoms with van der Waals surface area (Å²) in [6, 6.07) is 0. The number of aromatic amines is 3. The number of phosphoric acid groups is 1. The first kappa shape index (κ1) is 12.7. The summed E-state index contributed by atoms with van der Waals surface area (Å²) in [7, 11) is -4.64. The van der Waals surface area contributed by atoms with Crippen molar-refractivity contribution in [2.75, 3.05) is 0 Å². The fourth-order valence-corrected chi connectivity index (χ4v) is 1.06. The molecular formula is C5H7N4O5PS. The van der Waals surface area contributed by atoms with E-state index < -0.39 is 7.82 Å². The van der Waals surface area contributed by atoms with Gasteiger partial charge in [0.1, 0.15) is 5.52 Å². The van der Waals surface area contributed by atoms with Crippen LogP contribution in [0.15, 0.2) is 11.1 Å². The van der Waals surface area contributed by atoms with Crippen LogP contribution in [-0.2, 0) is 4.57 Å². The molecule has 0 radical (unpaired) electrons. The van der Waals surface area contributed by atoms with Crippen LogP contribution in [0.1, 0.15) is 0 Å².